The number of rotatable bonds is 7. The highest BCUT2D eigenvalue weighted by Crippen LogP contribution is 2.24. The zero-order valence-electron chi connectivity index (χ0n) is 14.4. The molecule has 0 aliphatic carbocycles. The average molecular weight is 331 g/mol. The van der Waals surface area contributed by atoms with E-state index in [-0.39, 0.29) is 23.4 Å². The predicted molar refractivity (Wildman–Crippen MR) is 91.2 cm³/mol. The number of ketones is 1. The van der Waals surface area contributed by atoms with Crippen molar-refractivity contribution in [2.45, 2.75) is 26.4 Å². The molecule has 0 radical (unpaired) electrons. The van der Waals surface area contributed by atoms with Gasteiger partial charge in [-0.15, -0.1) is 0 Å². The molecule has 0 aromatic heterocycles. The summed E-state index contributed by atoms with van der Waals surface area (Å²) >= 11 is 0. The minimum atomic E-state index is -0.389. The molecule has 0 aliphatic heterocycles. The van der Waals surface area contributed by atoms with Crippen LogP contribution in [0.4, 0.5) is 4.39 Å². The third-order valence-corrected chi connectivity index (χ3v) is 3.96. The second-order valence-corrected chi connectivity index (χ2v) is 5.58. The lowest BCUT2D eigenvalue weighted by atomic mass is 10.0. The third kappa shape index (κ3) is 4.11. The van der Waals surface area contributed by atoms with E-state index in [4.69, 9.17) is 9.47 Å². The van der Waals surface area contributed by atoms with Crippen molar-refractivity contribution in [2.75, 3.05) is 14.2 Å². The Morgan fingerprint density at radius 3 is 2.38 bits per heavy atom. The second-order valence-electron chi connectivity index (χ2n) is 5.58. The van der Waals surface area contributed by atoms with Crippen molar-refractivity contribution in [2.24, 2.45) is 0 Å². The third-order valence-electron chi connectivity index (χ3n) is 3.96. The summed E-state index contributed by atoms with van der Waals surface area (Å²) in [7, 11) is 3.03. The van der Waals surface area contributed by atoms with Crippen molar-refractivity contribution in [3.05, 3.63) is 58.9 Å². The molecule has 0 saturated heterocycles. The quantitative estimate of drug-likeness (QED) is 0.782. The number of ether oxygens (including phenoxy) is 2. The molecular weight excluding hydrogens is 309 g/mol. The monoisotopic (exact) mass is 331 g/mol. The van der Waals surface area contributed by atoms with E-state index in [1.807, 2.05) is 19.1 Å². The number of methoxy groups -OCH3 is 2. The van der Waals surface area contributed by atoms with E-state index < -0.39 is 0 Å². The van der Waals surface area contributed by atoms with Crippen molar-refractivity contribution < 1.29 is 18.7 Å². The SMILES string of the molecule is COc1ccc([C@H](C)NCc2cc(C(C)=O)ccc2OC)cc1F. The van der Waals surface area contributed by atoms with Gasteiger partial charge in [0.2, 0.25) is 0 Å². The Bertz CT molecular complexity index is 731. The van der Waals surface area contributed by atoms with Crippen LogP contribution in [0.15, 0.2) is 36.4 Å². The van der Waals surface area contributed by atoms with Gasteiger partial charge in [-0.25, -0.2) is 4.39 Å². The van der Waals surface area contributed by atoms with Gasteiger partial charge in [-0.1, -0.05) is 6.07 Å². The molecule has 2 rings (SSSR count). The van der Waals surface area contributed by atoms with Crippen molar-refractivity contribution in [1.29, 1.82) is 0 Å². The van der Waals surface area contributed by atoms with Crippen LogP contribution in [0.5, 0.6) is 11.5 Å². The molecule has 128 valence electrons. The van der Waals surface area contributed by atoms with Gasteiger partial charge in [0.1, 0.15) is 5.75 Å². The summed E-state index contributed by atoms with van der Waals surface area (Å²) < 4.78 is 24.1. The van der Waals surface area contributed by atoms with Gasteiger partial charge in [-0.3, -0.25) is 4.79 Å². The lowest BCUT2D eigenvalue weighted by molar-refractivity contribution is 0.101. The summed E-state index contributed by atoms with van der Waals surface area (Å²) in [5.74, 6) is 0.548. The molecule has 24 heavy (non-hydrogen) atoms. The van der Waals surface area contributed by atoms with E-state index in [0.29, 0.717) is 17.9 Å². The van der Waals surface area contributed by atoms with Crippen LogP contribution in [-0.2, 0) is 6.54 Å². The number of benzene rings is 2. The Labute approximate surface area is 141 Å². The van der Waals surface area contributed by atoms with E-state index in [1.165, 1.54) is 20.1 Å². The first-order chi connectivity index (χ1) is 11.5. The highest BCUT2D eigenvalue weighted by Gasteiger charge is 2.12. The van der Waals surface area contributed by atoms with E-state index in [1.54, 1.807) is 25.3 Å². The van der Waals surface area contributed by atoms with Crippen LogP contribution in [-0.4, -0.2) is 20.0 Å². The summed E-state index contributed by atoms with van der Waals surface area (Å²) in [6.45, 7) is 3.98. The topological polar surface area (TPSA) is 47.6 Å². The average Bonchev–Trinajstić information content (AvgIpc) is 2.59. The molecule has 2 aromatic carbocycles. The maximum Gasteiger partial charge on any atom is 0.165 e. The van der Waals surface area contributed by atoms with Crippen LogP contribution in [0.1, 0.15) is 41.4 Å². The van der Waals surface area contributed by atoms with Crippen LogP contribution < -0.4 is 14.8 Å². The molecule has 1 N–H and O–H groups in total. The van der Waals surface area contributed by atoms with E-state index in [0.717, 1.165) is 11.1 Å². The summed E-state index contributed by atoms with van der Waals surface area (Å²) in [6.07, 6.45) is 0. The lowest BCUT2D eigenvalue weighted by Crippen LogP contribution is -2.19. The number of halogens is 1. The molecular formula is C19H22FNO3. The Morgan fingerprint density at radius 2 is 1.79 bits per heavy atom. The first-order valence-electron chi connectivity index (χ1n) is 7.71. The summed E-state index contributed by atoms with van der Waals surface area (Å²) in [5.41, 5.74) is 2.33. The van der Waals surface area contributed by atoms with Crippen LogP contribution in [0.3, 0.4) is 0 Å². The summed E-state index contributed by atoms with van der Waals surface area (Å²) in [6, 6.07) is 10.2. The molecule has 0 aliphatic rings. The highest BCUT2D eigenvalue weighted by atomic mass is 19.1. The minimum Gasteiger partial charge on any atom is -0.496 e. The Hall–Kier alpha value is -2.40. The van der Waals surface area contributed by atoms with Crippen LogP contribution in [0, 0.1) is 5.82 Å². The predicted octanol–water partition coefficient (Wildman–Crippen LogP) is 3.90. The smallest absolute Gasteiger partial charge is 0.165 e. The molecule has 0 heterocycles. The summed E-state index contributed by atoms with van der Waals surface area (Å²) in [4.78, 5) is 11.5. The normalized spacial score (nSPS) is 11.9. The Morgan fingerprint density at radius 1 is 1.12 bits per heavy atom. The van der Waals surface area contributed by atoms with Crippen LogP contribution in [0.2, 0.25) is 0 Å². The molecule has 4 nitrogen and oxygen atoms in total. The second kappa shape index (κ2) is 7.93. The highest BCUT2D eigenvalue weighted by molar-refractivity contribution is 5.94. The summed E-state index contributed by atoms with van der Waals surface area (Å²) in [5, 5.41) is 3.32. The van der Waals surface area contributed by atoms with Gasteiger partial charge in [0.25, 0.3) is 0 Å². The van der Waals surface area contributed by atoms with Gasteiger partial charge in [0.15, 0.2) is 17.3 Å². The number of hydrogen-bond donors (Lipinski definition) is 1. The zero-order valence-corrected chi connectivity index (χ0v) is 14.4. The van der Waals surface area contributed by atoms with Crippen molar-refractivity contribution in [3.8, 4) is 11.5 Å². The van der Waals surface area contributed by atoms with Gasteiger partial charge in [-0.05, 0) is 49.7 Å². The lowest BCUT2D eigenvalue weighted by Gasteiger charge is -2.17. The standard InChI is InChI=1S/C19H22FNO3/c1-12(14-5-8-19(24-4)17(20)10-14)21-11-16-9-15(13(2)22)6-7-18(16)23-3/h5-10,12,21H,11H2,1-4H3/t12-/m0/s1. The fraction of sp³-hybridized carbons (Fsp3) is 0.316. The molecule has 0 unspecified atom stereocenters. The van der Waals surface area contributed by atoms with Crippen LogP contribution >= 0.6 is 0 Å². The van der Waals surface area contributed by atoms with Gasteiger partial charge in [0, 0.05) is 23.7 Å². The van der Waals surface area contributed by atoms with E-state index >= 15 is 0 Å². The maximum absolute atomic E-state index is 13.8. The fourth-order valence-electron chi connectivity index (χ4n) is 2.47. The maximum atomic E-state index is 13.8. The number of nitrogens with one attached hydrogen (secondary N) is 1. The molecule has 0 bridgehead atoms. The van der Waals surface area contributed by atoms with E-state index in [9.17, 15) is 9.18 Å². The van der Waals surface area contributed by atoms with Crippen LogP contribution in [0.25, 0.3) is 0 Å². The van der Waals surface area contributed by atoms with E-state index in [2.05, 4.69) is 5.32 Å². The largest absolute Gasteiger partial charge is 0.496 e. The molecule has 0 spiro atoms. The molecule has 0 saturated carbocycles. The minimum absolute atomic E-state index is 0.00387. The van der Waals surface area contributed by atoms with Crippen molar-refractivity contribution in [3.63, 3.8) is 0 Å². The van der Waals surface area contributed by atoms with Gasteiger partial charge in [0.05, 0.1) is 14.2 Å². The molecule has 0 fully saturated rings. The number of carbonyl (C=O) groups is 1. The first-order valence-corrected chi connectivity index (χ1v) is 7.71. The number of carbonyl (C=O) groups excluding carboxylic acids is 1. The van der Waals surface area contributed by atoms with Crippen molar-refractivity contribution >= 4 is 5.78 Å². The number of Topliss-reactive ketones (excluding diaryl/α,β-unsaturated/α-hetero) is 1. The van der Waals surface area contributed by atoms with Gasteiger partial charge in [-0.2, -0.15) is 0 Å². The Balaban J connectivity index is 2.13. The van der Waals surface area contributed by atoms with Gasteiger partial charge >= 0.3 is 0 Å². The zero-order chi connectivity index (χ0) is 17.7. The molecule has 1 atom stereocenters. The first kappa shape index (κ1) is 17.9. The Kier molecular flexibility index (Phi) is 5.93. The fourth-order valence-corrected chi connectivity index (χ4v) is 2.47. The van der Waals surface area contributed by atoms with Crippen molar-refractivity contribution in [1.82, 2.24) is 5.32 Å². The molecule has 5 heteroatoms. The number of hydrogen-bond acceptors (Lipinski definition) is 4. The van der Waals surface area contributed by atoms with Gasteiger partial charge < -0.3 is 14.8 Å². The molecule has 0 amide bonds. The molecule has 2 aromatic rings.